The van der Waals surface area contributed by atoms with Crippen molar-refractivity contribution in [3.05, 3.63) is 73.8 Å². The van der Waals surface area contributed by atoms with Crippen molar-refractivity contribution in [3.63, 3.8) is 0 Å². The van der Waals surface area contributed by atoms with Gasteiger partial charge in [0, 0.05) is 26.2 Å². The fourth-order valence-corrected chi connectivity index (χ4v) is 4.66. The molecule has 1 saturated heterocycles. The van der Waals surface area contributed by atoms with Gasteiger partial charge in [0.05, 0.1) is 12.5 Å². The van der Waals surface area contributed by atoms with Gasteiger partial charge in [-0.3, -0.25) is 20.2 Å². The van der Waals surface area contributed by atoms with Crippen molar-refractivity contribution in [1.82, 2.24) is 5.32 Å². The number of nitrogens with zero attached hydrogens (tertiary/aromatic N) is 1. The number of nitrogens with one attached hydrogen (secondary N) is 2. The molecule has 2 aromatic carbocycles. The van der Waals surface area contributed by atoms with Crippen molar-refractivity contribution in [2.24, 2.45) is 0 Å². The maximum Gasteiger partial charge on any atom is 0.250 e. The number of fused-ring (bicyclic) bond motifs is 2. The monoisotopic (exact) mass is 407 g/mol. The molecule has 1 amide bonds. The Labute approximate surface area is 164 Å². The molecule has 0 unspecified atom stereocenters. The van der Waals surface area contributed by atoms with Crippen LogP contribution in [0.25, 0.3) is 0 Å². The predicted octanol–water partition coefficient (Wildman–Crippen LogP) is 2.53. The number of carbonyl (C=O) groups excluding carboxylic acids is 1. The first-order valence-corrected chi connectivity index (χ1v) is 9.03. The van der Waals surface area contributed by atoms with E-state index in [0.717, 1.165) is 0 Å². The maximum atomic E-state index is 13.1. The summed E-state index contributed by atoms with van der Waals surface area (Å²) >= 11 is 12.2. The molecule has 2 aliphatic heterocycles. The molecule has 2 aromatic rings. The van der Waals surface area contributed by atoms with E-state index in [1.807, 2.05) is 0 Å². The molecule has 1 fully saturated rings. The van der Waals surface area contributed by atoms with E-state index in [1.165, 1.54) is 0 Å². The summed E-state index contributed by atoms with van der Waals surface area (Å²) in [5.41, 5.74) is 0.193. The van der Waals surface area contributed by atoms with Crippen molar-refractivity contribution in [3.8, 4) is 0 Å². The van der Waals surface area contributed by atoms with Gasteiger partial charge in [0.1, 0.15) is 11.6 Å². The van der Waals surface area contributed by atoms with E-state index >= 15 is 0 Å². The number of carbonyl (C=O) groups is 1. The molecule has 2 aliphatic rings. The third-order valence-electron chi connectivity index (χ3n) is 5.29. The van der Waals surface area contributed by atoms with Gasteiger partial charge in [-0.25, -0.2) is 0 Å². The lowest BCUT2D eigenvalue weighted by Gasteiger charge is -2.29. The average molecular weight is 408 g/mol. The van der Waals surface area contributed by atoms with E-state index in [4.69, 9.17) is 23.2 Å². The molecule has 4 rings (SSSR count). The highest BCUT2D eigenvalue weighted by atomic mass is 35.5. The molecule has 0 saturated carbocycles. The number of hydrogen-bond acceptors (Lipinski definition) is 5. The molecule has 4 atom stereocenters. The van der Waals surface area contributed by atoms with Crippen molar-refractivity contribution in [2.75, 3.05) is 11.9 Å². The van der Waals surface area contributed by atoms with Crippen LogP contribution in [0.3, 0.4) is 0 Å². The number of benzene rings is 2. The number of hydrogen-bond donors (Lipinski definition) is 3. The largest absolute Gasteiger partial charge is 0.394 e. The second-order valence-electron chi connectivity index (χ2n) is 6.69. The van der Waals surface area contributed by atoms with Gasteiger partial charge in [-0.2, -0.15) is 0 Å². The lowest BCUT2D eigenvalue weighted by Crippen LogP contribution is -2.49. The lowest BCUT2D eigenvalue weighted by atomic mass is 9.74. The van der Waals surface area contributed by atoms with E-state index in [1.54, 1.807) is 42.5 Å². The zero-order valence-electron chi connectivity index (χ0n) is 13.9. The van der Waals surface area contributed by atoms with Crippen LogP contribution in [-0.4, -0.2) is 34.6 Å². The maximum absolute atomic E-state index is 13.1. The Hall–Kier alpha value is -2.19. The summed E-state index contributed by atoms with van der Waals surface area (Å²) in [5.74, 6) is -1.29. The highest BCUT2D eigenvalue weighted by Gasteiger charge is 2.66. The molecule has 140 valence electrons. The summed E-state index contributed by atoms with van der Waals surface area (Å²) < 4.78 is 0. The predicted molar refractivity (Wildman–Crippen MR) is 101 cm³/mol. The summed E-state index contributed by atoms with van der Waals surface area (Å²) in [4.78, 5) is 24.6. The molecule has 0 aromatic heterocycles. The molecule has 0 bridgehead atoms. The third-order valence-corrected chi connectivity index (χ3v) is 5.76. The lowest BCUT2D eigenvalue weighted by molar-refractivity contribution is -0.527. The Bertz CT molecular complexity index is 954. The summed E-state index contributed by atoms with van der Waals surface area (Å²) in [5, 5.41) is 28.4. The summed E-state index contributed by atoms with van der Waals surface area (Å²) in [6.45, 7) is -0.485. The Morgan fingerprint density at radius 3 is 2.59 bits per heavy atom. The van der Waals surface area contributed by atoms with Crippen molar-refractivity contribution in [2.45, 2.75) is 23.5 Å². The van der Waals surface area contributed by atoms with E-state index in [0.29, 0.717) is 26.9 Å². The van der Waals surface area contributed by atoms with Crippen LogP contribution in [0.2, 0.25) is 10.0 Å². The number of halogens is 2. The number of aliphatic hydroxyl groups is 1. The molecular weight excluding hydrogens is 393 g/mol. The minimum Gasteiger partial charge on any atom is -0.394 e. The van der Waals surface area contributed by atoms with E-state index in [-0.39, 0.29) is 0 Å². The third kappa shape index (κ3) is 2.62. The molecule has 3 N–H and O–H groups in total. The standard InChI is InChI=1S/C18H15Cl2N3O4/c19-10-3-1-2-9(6-10)15-16(23(26)27)14(8-24)22-18(15)12-5-4-11(20)7-13(12)21-17(18)25/h1-7,14-16,22,24H,8H2,(H,21,25)/t14-,15-,16+,18+/m0/s1. The van der Waals surface area contributed by atoms with Gasteiger partial charge in [0.15, 0.2) is 0 Å². The van der Waals surface area contributed by atoms with Crippen LogP contribution < -0.4 is 10.6 Å². The number of rotatable bonds is 3. The van der Waals surface area contributed by atoms with Crippen LogP contribution in [-0.2, 0) is 10.3 Å². The molecular formula is C18H15Cl2N3O4. The second kappa shape index (κ2) is 6.45. The van der Waals surface area contributed by atoms with Crippen LogP contribution >= 0.6 is 23.2 Å². The van der Waals surface area contributed by atoms with Crippen LogP contribution in [0.4, 0.5) is 5.69 Å². The van der Waals surface area contributed by atoms with Gasteiger partial charge in [0.2, 0.25) is 11.9 Å². The average Bonchev–Trinajstić information content (AvgIpc) is 3.11. The highest BCUT2D eigenvalue weighted by Crippen LogP contribution is 2.52. The molecule has 27 heavy (non-hydrogen) atoms. The van der Waals surface area contributed by atoms with Crippen molar-refractivity contribution in [1.29, 1.82) is 0 Å². The molecule has 7 nitrogen and oxygen atoms in total. The molecule has 0 aliphatic carbocycles. The van der Waals surface area contributed by atoms with Gasteiger partial charge in [-0.05, 0) is 29.8 Å². The minimum absolute atomic E-state index is 0.409. The van der Waals surface area contributed by atoms with Crippen LogP contribution in [0.15, 0.2) is 42.5 Å². The zero-order chi connectivity index (χ0) is 19.3. The summed E-state index contributed by atoms with van der Waals surface area (Å²) in [6.07, 6.45) is 0. The van der Waals surface area contributed by atoms with E-state index in [9.17, 15) is 20.0 Å². The highest BCUT2D eigenvalue weighted by molar-refractivity contribution is 6.31. The molecule has 0 radical (unpaired) electrons. The molecule has 9 heteroatoms. The van der Waals surface area contributed by atoms with Crippen molar-refractivity contribution >= 4 is 34.8 Å². The normalized spacial score (nSPS) is 29.0. The van der Waals surface area contributed by atoms with Gasteiger partial charge in [0.25, 0.3) is 0 Å². The quantitative estimate of drug-likeness (QED) is 0.535. The van der Waals surface area contributed by atoms with Gasteiger partial charge < -0.3 is 10.4 Å². The fraction of sp³-hybridized carbons (Fsp3) is 0.278. The first kappa shape index (κ1) is 18.2. The van der Waals surface area contributed by atoms with Crippen LogP contribution in [0.5, 0.6) is 0 Å². The molecule has 1 spiro atoms. The smallest absolute Gasteiger partial charge is 0.250 e. The van der Waals surface area contributed by atoms with Gasteiger partial charge in [-0.1, -0.05) is 41.4 Å². The van der Waals surface area contributed by atoms with Gasteiger partial charge in [-0.15, -0.1) is 0 Å². The fourth-order valence-electron chi connectivity index (χ4n) is 4.28. The first-order valence-electron chi connectivity index (χ1n) is 8.27. The number of amides is 1. The first-order chi connectivity index (χ1) is 12.9. The Morgan fingerprint density at radius 1 is 1.19 bits per heavy atom. The van der Waals surface area contributed by atoms with Crippen molar-refractivity contribution < 1.29 is 14.8 Å². The Balaban J connectivity index is 1.98. The number of aliphatic hydroxyl groups excluding tert-OH is 1. The van der Waals surface area contributed by atoms with Crippen LogP contribution in [0.1, 0.15) is 17.0 Å². The summed E-state index contributed by atoms with van der Waals surface area (Å²) in [6, 6.07) is 9.45. The topological polar surface area (TPSA) is 104 Å². The second-order valence-corrected chi connectivity index (χ2v) is 7.57. The summed E-state index contributed by atoms with van der Waals surface area (Å²) in [7, 11) is 0. The Morgan fingerprint density at radius 2 is 1.93 bits per heavy atom. The van der Waals surface area contributed by atoms with Gasteiger partial charge >= 0.3 is 0 Å². The van der Waals surface area contributed by atoms with E-state index < -0.39 is 41.0 Å². The number of anilines is 1. The molecule has 2 heterocycles. The minimum atomic E-state index is -1.41. The SMILES string of the molecule is O=C1Nc2cc(Cl)ccc2[C@]12N[C@@H](CO)[C@@H]([N+](=O)[O-])[C@@H]2c1cccc(Cl)c1. The Kier molecular flexibility index (Phi) is 4.35. The van der Waals surface area contributed by atoms with E-state index in [2.05, 4.69) is 10.6 Å². The zero-order valence-corrected chi connectivity index (χ0v) is 15.4. The number of nitro groups is 1. The van der Waals surface area contributed by atoms with Crippen LogP contribution in [0, 0.1) is 10.1 Å².